The topological polar surface area (TPSA) is 4.93 Å². The van der Waals surface area contributed by atoms with Gasteiger partial charge in [0.25, 0.3) is 0 Å². The van der Waals surface area contributed by atoms with Gasteiger partial charge in [-0.25, -0.2) is 0 Å². The molecule has 1 aromatic heterocycles. The molecular formula is C50H79N. The summed E-state index contributed by atoms with van der Waals surface area (Å²) in [6.07, 6.45) is 1.10. The number of benzene rings is 5. The second-order valence-corrected chi connectivity index (χ2v) is 9.24. The molecule has 1 aliphatic rings. The Bertz CT molecular complexity index is 1490. The first-order valence-corrected chi connectivity index (χ1v) is 20.2. The molecule has 0 aliphatic heterocycles. The van der Waals surface area contributed by atoms with Gasteiger partial charge in [0, 0.05) is 28.9 Å². The molecule has 0 spiro atoms. The summed E-state index contributed by atoms with van der Waals surface area (Å²) < 4.78 is 2.24. The van der Waals surface area contributed by atoms with E-state index in [9.17, 15) is 0 Å². The Balaban J connectivity index is -0.000000276. The van der Waals surface area contributed by atoms with Crippen molar-refractivity contribution < 1.29 is 0 Å². The van der Waals surface area contributed by atoms with Crippen LogP contribution in [0.1, 0.15) is 133 Å². The van der Waals surface area contributed by atoms with Gasteiger partial charge >= 0.3 is 0 Å². The van der Waals surface area contributed by atoms with Crippen LogP contribution in [0.2, 0.25) is 0 Å². The summed E-state index contributed by atoms with van der Waals surface area (Å²) >= 11 is 0. The van der Waals surface area contributed by atoms with Crippen molar-refractivity contribution in [1.82, 2.24) is 4.57 Å². The Kier molecular flexibility index (Phi) is 39.1. The van der Waals surface area contributed by atoms with Crippen LogP contribution in [0, 0.1) is 13.8 Å². The van der Waals surface area contributed by atoms with Crippen LogP contribution in [-0.2, 0) is 13.5 Å². The van der Waals surface area contributed by atoms with Crippen LogP contribution >= 0.6 is 0 Å². The Morgan fingerprint density at radius 1 is 0.353 bits per heavy atom. The van der Waals surface area contributed by atoms with E-state index in [-0.39, 0.29) is 0 Å². The summed E-state index contributed by atoms with van der Waals surface area (Å²) in [6.45, 7) is 36.2. The number of aromatic nitrogens is 1. The third-order valence-electron chi connectivity index (χ3n) is 6.70. The highest BCUT2D eigenvalue weighted by molar-refractivity contribution is 6.07. The lowest BCUT2D eigenvalue weighted by Crippen LogP contribution is -1.84. The van der Waals surface area contributed by atoms with Crippen LogP contribution in [0.3, 0.4) is 0 Å². The molecule has 0 N–H and O–H groups in total. The van der Waals surface area contributed by atoms with Crippen molar-refractivity contribution in [3.8, 4) is 11.1 Å². The summed E-state index contributed by atoms with van der Waals surface area (Å²) in [5.74, 6) is 0. The van der Waals surface area contributed by atoms with Crippen molar-refractivity contribution in [2.45, 2.75) is 131 Å². The van der Waals surface area contributed by atoms with Gasteiger partial charge in [-0.2, -0.15) is 0 Å². The third-order valence-corrected chi connectivity index (χ3v) is 6.70. The number of para-hydroxylation sites is 2. The number of hydrogen-bond acceptors (Lipinski definition) is 0. The molecular weight excluding hydrogens is 615 g/mol. The smallest absolute Gasteiger partial charge is 0.0488 e. The number of hydrogen-bond donors (Lipinski definition) is 0. The van der Waals surface area contributed by atoms with Crippen molar-refractivity contribution in [1.29, 1.82) is 0 Å². The zero-order chi connectivity index (χ0) is 40.2. The van der Waals surface area contributed by atoms with E-state index < -0.39 is 0 Å². The van der Waals surface area contributed by atoms with Crippen molar-refractivity contribution in [2.24, 2.45) is 7.05 Å². The first-order chi connectivity index (χ1) is 25.1. The highest BCUT2D eigenvalue weighted by Crippen LogP contribution is 2.35. The summed E-state index contributed by atoms with van der Waals surface area (Å²) in [5, 5.41) is 2.68. The second-order valence-electron chi connectivity index (χ2n) is 9.24. The summed E-state index contributed by atoms with van der Waals surface area (Å²) in [5.41, 5.74) is 11.0. The molecule has 6 aromatic rings. The maximum absolute atomic E-state index is 2.24. The van der Waals surface area contributed by atoms with E-state index in [0.29, 0.717) is 0 Å². The van der Waals surface area contributed by atoms with Crippen LogP contribution in [0.25, 0.3) is 32.9 Å². The van der Waals surface area contributed by atoms with Gasteiger partial charge in [-0.05, 0) is 54.7 Å². The fourth-order valence-electron chi connectivity index (χ4n) is 5.00. The molecule has 0 atom stereocenters. The lowest BCUT2D eigenvalue weighted by Gasteiger charge is -1.98. The summed E-state index contributed by atoms with van der Waals surface area (Å²) in [6, 6.07) is 42.8. The zero-order valence-corrected chi connectivity index (χ0v) is 36.7. The monoisotopic (exact) mass is 694 g/mol. The van der Waals surface area contributed by atoms with E-state index in [1.165, 1.54) is 55.2 Å². The SMILES string of the molecule is CC.CC.CC.CC.CC.CC.CC.CC.Cc1cccc(C)c1.Cn1c2ccccc2c2ccccc21.c1ccc2c(c1)Cc1ccccc1-2. The van der Waals surface area contributed by atoms with Crippen LogP contribution in [0.4, 0.5) is 0 Å². The van der Waals surface area contributed by atoms with Crippen molar-refractivity contribution >= 4 is 21.8 Å². The van der Waals surface area contributed by atoms with Crippen molar-refractivity contribution in [2.75, 3.05) is 0 Å². The third kappa shape index (κ3) is 18.1. The average Bonchev–Trinajstić information content (AvgIpc) is 3.76. The molecule has 0 fully saturated rings. The Hall–Kier alpha value is -4.10. The van der Waals surface area contributed by atoms with Gasteiger partial charge in [0.2, 0.25) is 0 Å². The molecule has 0 radical (unpaired) electrons. The van der Waals surface area contributed by atoms with Crippen LogP contribution < -0.4 is 0 Å². The predicted molar refractivity (Wildman–Crippen MR) is 242 cm³/mol. The van der Waals surface area contributed by atoms with E-state index in [1.807, 2.05) is 111 Å². The summed E-state index contributed by atoms with van der Waals surface area (Å²) in [7, 11) is 2.12. The molecule has 0 unspecified atom stereocenters. The highest BCUT2D eigenvalue weighted by Gasteiger charge is 2.15. The quantitative estimate of drug-likeness (QED) is 0.149. The lowest BCUT2D eigenvalue weighted by molar-refractivity contribution is 1.01. The maximum atomic E-state index is 2.24. The van der Waals surface area contributed by atoms with E-state index in [0.717, 1.165) is 6.42 Å². The minimum Gasteiger partial charge on any atom is -0.344 e. The largest absolute Gasteiger partial charge is 0.344 e. The molecule has 51 heavy (non-hydrogen) atoms. The molecule has 0 bridgehead atoms. The Labute approximate surface area is 318 Å². The molecule has 1 heteroatoms. The molecule has 0 saturated carbocycles. The first-order valence-electron chi connectivity index (χ1n) is 20.2. The van der Waals surface area contributed by atoms with E-state index in [1.54, 1.807) is 0 Å². The molecule has 5 aromatic carbocycles. The molecule has 0 amide bonds. The lowest BCUT2D eigenvalue weighted by atomic mass is 10.1. The van der Waals surface area contributed by atoms with Crippen LogP contribution in [-0.4, -0.2) is 4.57 Å². The normalized spacial score (nSPS) is 8.61. The molecule has 1 heterocycles. The zero-order valence-electron chi connectivity index (χ0n) is 36.7. The minimum atomic E-state index is 1.10. The molecule has 1 nitrogen and oxygen atoms in total. The van der Waals surface area contributed by atoms with E-state index >= 15 is 0 Å². The van der Waals surface area contributed by atoms with E-state index in [4.69, 9.17) is 0 Å². The van der Waals surface area contributed by atoms with E-state index in [2.05, 4.69) is 147 Å². The number of rotatable bonds is 0. The Morgan fingerprint density at radius 2 is 0.647 bits per heavy atom. The highest BCUT2D eigenvalue weighted by atomic mass is 14.9. The Morgan fingerprint density at radius 3 is 0.961 bits per heavy atom. The van der Waals surface area contributed by atoms with Gasteiger partial charge in [0.05, 0.1) is 0 Å². The molecule has 0 saturated heterocycles. The van der Waals surface area contributed by atoms with Gasteiger partial charge in [-0.1, -0.05) is 231 Å². The standard InChI is InChI=1S/C13H11N.C13H10.C8H10.8C2H6/c1-14-12-8-4-2-6-10(12)11-7-3-5-9-13(11)14;1-3-7-12-10(5-1)9-11-6-2-4-8-13(11)12;1-7-4-3-5-8(2)6-7;8*1-2/h2-9H,1H3;1-8H,9H2;3-6H,1-2H3;8*1-2H3. The van der Waals surface area contributed by atoms with Crippen molar-refractivity contribution in [3.05, 3.63) is 144 Å². The maximum Gasteiger partial charge on any atom is 0.0488 e. The average molecular weight is 694 g/mol. The minimum absolute atomic E-state index is 1.10. The number of nitrogens with zero attached hydrogens (tertiary/aromatic N) is 1. The second kappa shape index (κ2) is 37.2. The number of aryl methyl sites for hydroxylation is 3. The fraction of sp³-hybridized carbons (Fsp3) is 0.400. The summed E-state index contributed by atoms with van der Waals surface area (Å²) in [4.78, 5) is 0. The first kappa shape index (κ1) is 53.7. The predicted octanol–water partition coefficient (Wildman–Crippen LogP) is 17.1. The molecule has 284 valence electrons. The van der Waals surface area contributed by atoms with Crippen LogP contribution in [0.15, 0.2) is 121 Å². The van der Waals surface area contributed by atoms with Gasteiger partial charge < -0.3 is 4.57 Å². The van der Waals surface area contributed by atoms with Gasteiger partial charge in [0.15, 0.2) is 0 Å². The number of fused-ring (bicyclic) bond motifs is 6. The van der Waals surface area contributed by atoms with Gasteiger partial charge in [0.1, 0.15) is 0 Å². The molecule has 1 aliphatic carbocycles. The van der Waals surface area contributed by atoms with Crippen molar-refractivity contribution in [3.63, 3.8) is 0 Å². The fourth-order valence-corrected chi connectivity index (χ4v) is 5.00. The van der Waals surface area contributed by atoms with Crippen LogP contribution in [0.5, 0.6) is 0 Å². The molecule has 7 rings (SSSR count). The van der Waals surface area contributed by atoms with Gasteiger partial charge in [-0.15, -0.1) is 0 Å². The van der Waals surface area contributed by atoms with Gasteiger partial charge in [-0.3, -0.25) is 0 Å².